The normalized spacial score (nSPS) is 13.1. The van der Waals surface area contributed by atoms with Gasteiger partial charge in [0.15, 0.2) is 0 Å². The van der Waals surface area contributed by atoms with Gasteiger partial charge in [-0.15, -0.1) is 0 Å². The van der Waals surface area contributed by atoms with E-state index in [1.165, 1.54) is 7.11 Å². The molecular weight excluding hydrogens is 384 g/mol. The summed E-state index contributed by atoms with van der Waals surface area (Å²) in [5.41, 5.74) is 0.767. The molecule has 0 bridgehead atoms. The van der Waals surface area contributed by atoms with E-state index in [-0.39, 0.29) is 0 Å². The second kappa shape index (κ2) is 10.6. The number of benzene rings is 2. The van der Waals surface area contributed by atoms with Crippen LogP contribution in [0.3, 0.4) is 0 Å². The van der Waals surface area contributed by atoms with Crippen molar-refractivity contribution < 1.29 is 23.8 Å². The van der Waals surface area contributed by atoms with Crippen molar-refractivity contribution in [3.05, 3.63) is 60.2 Å². The van der Waals surface area contributed by atoms with E-state index in [1.54, 1.807) is 52.0 Å². The minimum atomic E-state index is -0.978. The van der Waals surface area contributed by atoms with Crippen molar-refractivity contribution in [2.75, 3.05) is 12.4 Å². The highest BCUT2D eigenvalue weighted by Gasteiger charge is 2.30. The van der Waals surface area contributed by atoms with Crippen LogP contribution in [0.1, 0.15) is 33.3 Å². The van der Waals surface area contributed by atoms with E-state index >= 15 is 0 Å². The van der Waals surface area contributed by atoms with Crippen molar-refractivity contribution in [1.82, 2.24) is 5.32 Å². The summed E-state index contributed by atoms with van der Waals surface area (Å²) in [5.74, 6) is 0.0747. The smallest absolute Gasteiger partial charge is 0.408 e. The van der Waals surface area contributed by atoms with Crippen LogP contribution in [0.4, 0.5) is 10.5 Å². The predicted octanol–water partition coefficient (Wildman–Crippen LogP) is 4.13. The largest absolute Gasteiger partial charge is 0.495 e. The zero-order valence-corrected chi connectivity index (χ0v) is 18.1. The van der Waals surface area contributed by atoms with Gasteiger partial charge in [0.05, 0.1) is 25.5 Å². The number of nitrogens with one attached hydrogen (secondary N) is 2. The third-order valence-corrected chi connectivity index (χ3v) is 4.14. The Morgan fingerprint density at radius 3 is 2.27 bits per heavy atom. The highest BCUT2D eigenvalue weighted by atomic mass is 16.6. The van der Waals surface area contributed by atoms with E-state index in [0.29, 0.717) is 18.0 Å². The molecule has 0 aliphatic carbocycles. The first-order chi connectivity index (χ1) is 14.2. The van der Waals surface area contributed by atoms with E-state index in [4.69, 9.17) is 14.2 Å². The van der Waals surface area contributed by atoms with Crippen LogP contribution in [0.25, 0.3) is 0 Å². The van der Waals surface area contributed by atoms with Gasteiger partial charge in [-0.3, -0.25) is 4.79 Å². The Balaban J connectivity index is 2.14. The van der Waals surface area contributed by atoms with Gasteiger partial charge in [0.25, 0.3) is 0 Å². The molecule has 0 saturated heterocycles. The van der Waals surface area contributed by atoms with Gasteiger partial charge < -0.3 is 24.8 Å². The maximum Gasteiger partial charge on any atom is 0.408 e. The van der Waals surface area contributed by atoms with E-state index in [2.05, 4.69) is 10.6 Å². The molecule has 0 fully saturated rings. The van der Waals surface area contributed by atoms with Crippen LogP contribution in [-0.4, -0.2) is 36.9 Å². The van der Waals surface area contributed by atoms with Crippen molar-refractivity contribution in [3.8, 4) is 5.75 Å². The van der Waals surface area contributed by atoms with Gasteiger partial charge in [0, 0.05) is 0 Å². The number of anilines is 1. The average molecular weight is 415 g/mol. The number of methoxy groups -OCH3 is 1. The molecule has 0 aromatic heterocycles. The number of rotatable bonds is 8. The molecule has 162 valence electrons. The number of carbonyl (C=O) groups excluding carboxylic acids is 2. The molecule has 0 aliphatic rings. The molecule has 30 heavy (non-hydrogen) atoms. The van der Waals surface area contributed by atoms with Gasteiger partial charge in [-0.05, 0) is 45.4 Å². The molecule has 0 radical (unpaired) electrons. The van der Waals surface area contributed by atoms with Gasteiger partial charge in [-0.1, -0.05) is 42.5 Å². The molecule has 2 aromatic carbocycles. The summed E-state index contributed by atoms with van der Waals surface area (Å²) in [4.78, 5) is 25.4. The zero-order valence-electron chi connectivity index (χ0n) is 18.1. The Hall–Kier alpha value is -3.06. The third kappa shape index (κ3) is 7.40. The number of amides is 2. The summed E-state index contributed by atoms with van der Waals surface area (Å²) in [6, 6.07) is 15.7. The van der Waals surface area contributed by atoms with Crippen molar-refractivity contribution in [2.24, 2.45) is 0 Å². The zero-order chi connectivity index (χ0) is 22.1. The lowest BCUT2D eigenvalue weighted by molar-refractivity contribution is -0.122. The fraction of sp³-hybridized carbons (Fsp3) is 0.391. The number of ether oxygens (including phenoxy) is 3. The maximum atomic E-state index is 13.0. The lowest BCUT2D eigenvalue weighted by atomic mass is 10.1. The fourth-order valence-corrected chi connectivity index (χ4v) is 2.69. The Labute approximate surface area is 177 Å². The number of hydrogen-bond donors (Lipinski definition) is 2. The fourth-order valence-electron chi connectivity index (χ4n) is 2.69. The third-order valence-electron chi connectivity index (χ3n) is 4.14. The van der Waals surface area contributed by atoms with Gasteiger partial charge in [0.1, 0.15) is 17.4 Å². The average Bonchev–Trinajstić information content (AvgIpc) is 2.70. The molecular formula is C23H30N2O5. The molecule has 2 amide bonds. The van der Waals surface area contributed by atoms with E-state index in [0.717, 1.165) is 5.56 Å². The molecule has 0 saturated carbocycles. The number of carbonyl (C=O) groups is 2. The van der Waals surface area contributed by atoms with Gasteiger partial charge in [0.2, 0.25) is 5.91 Å². The van der Waals surface area contributed by atoms with Crippen molar-refractivity contribution in [3.63, 3.8) is 0 Å². The van der Waals surface area contributed by atoms with Gasteiger partial charge in [-0.25, -0.2) is 4.79 Å². The SMILES string of the molecule is COc1ccccc1NC(=O)[C@H](NC(=O)OC(C)(C)C)[C@H](C)OCc1ccccc1. The first kappa shape index (κ1) is 23.2. The Bertz CT molecular complexity index is 833. The number of hydrogen-bond acceptors (Lipinski definition) is 5. The first-order valence-electron chi connectivity index (χ1n) is 9.78. The first-order valence-corrected chi connectivity index (χ1v) is 9.78. The standard InChI is InChI=1S/C23H30N2O5/c1-16(29-15-17-11-7-6-8-12-17)20(25-22(27)30-23(2,3)4)21(26)24-18-13-9-10-14-19(18)28-5/h6-14,16,20H,15H2,1-5H3,(H,24,26)(H,25,27)/t16-,20+/m0/s1. The van der Waals surface area contributed by atoms with Gasteiger partial charge >= 0.3 is 6.09 Å². The lowest BCUT2D eigenvalue weighted by Crippen LogP contribution is -2.52. The summed E-state index contributed by atoms with van der Waals surface area (Å²) < 4.78 is 16.5. The van der Waals surface area contributed by atoms with Crippen molar-refractivity contribution in [1.29, 1.82) is 0 Å². The van der Waals surface area contributed by atoms with Crippen LogP contribution >= 0.6 is 0 Å². The quantitative estimate of drug-likeness (QED) is 0.678. The highest BCUT2D eigenvalue weighted by Crippen LogP contribution is 2.23. The molecule has 7 heteroatoms. The van der Waals surface area contributed by atoms with Crippen molar-refractivity contribution in [2.45, 2.75) is 52.0 Å². The minimum absolute atomic E-state index is 0.302. The van der Waals surface area contributed by atoms with E-state index in [9.17, 15) is 9.59 Å². The topological polar surface area (TPSA) is 85.9 Å². The molecule has 2 N–H and O–H groups in total. The van der Waals surface area contributed by atoms with Crippen molar-refractivity contribution >= 4 is 17.7 Å². The van der Waals surface area contributed by atoms with E-state index < -0.39 is 29.7 Å². The summed E-state index contributed by atoms with van der Waals surface area (Å²) in [6.45, 7) is 7.30. The molecule has 0 aliphatic heterocycles. The number of alkyl carbamates (subject to hydrolysis) is 1. The van der Waals surface area contributed by atoms with Crippen LogP contribution in [0.5, 0.6) is 5.75 Å². The summed E-state index contributed by atoms with van der Waals surface area (Å²) in [5, 5.41) is 5.42. The molecule has 0 heterocycles. The highest BCUT2D eigenvalue weighted by molar-refractivity contribution is 5.98. The Morgan fingerprint density at radius 1 is 1.00 bits per heavy atom. The molecule has 2 rings (SSSR count). The second-order valence-corrected chi connectivity index (χ2v) is 7.82. The Morgan fingerprint density at radius 2 is 1.63 bits per heavy atom. The molecule has 0 unspecified atom stereocenters. The number of para-hydroxylation sites is 2. The monoisotopic (exact) mass is 414 g/mol. The van der Waals surface area contributed by atoms with Crippen LogP contribution in [0.2, 0.25) is 0 Å². The molecule has 7 nitrogen and oxygen atoms in total. The minimum Gasteiger partial charge on any atom is -0.495 e. The van der Waals surface area contributed by atoms with Crippen LogP contribution < -0.4 is 15.4 Å². The lowest BCUT2D eigenvalue weighted by Gasteiger charge is -2.27. The van der Waals surface area contributed by atoms with Crippen LogP contribution in [0.15, 0.2) is 54.6 Å². The van der Waals surface area contributed by atoms with E-state index in [1.807, 2.05) is 30.3 Å². The molecule has 2 aromatic rings. The van der Waals surface area contributed by atoms with Crippen LogP contribution in [-0.2, 0) is 20.9 Å². The predicted molar refractivity (Wildman–Crippen MR) is 115 cm³/mol. The second-order valence-electron chi connectivity index (χ2n) is 7.82. The van der Waals surface area contributed by atoms with Gasteiger partial charge in [-0.2, -0.15) is 0 Å². The molecule has 2 atom stereocenters. The van der Waals surface area contributed by atoms with Crippen LogP contribution in [0, 0.1) is 0 Å². The summed E-state index contributed by atoms with van der Waals surface area (Å²) in [7, 11) is 1.52. The summed E-state index contributed by atoms with van der Waals surface area (Å²) >= 11 is 0. The Kier molecular flexibility index (Phi) is 8.24. The molecule has 0 spiro atoms. The maximum absolute atomic E-state index is 13.0. The summed E-state index contributed by atoms with van der Waals surface area (Å²) in [6.07, 6.45) is -1.31.